The Morgan fingerprint density at radius 3 is 2.54 bits per heavy atom. The van der Waals surface area contributed by atoms with E-state index in [9.17, 15) is 8.42 Å². The largest absolute Gasteiger partial charge is 0.493 e. The second-order valence-electron chi connectivity index (χ2n) is 6.34. The molecule has 1 aliphatic heterocycles. The van der Waals surface area contributed by atoms with Gasteiger partial charge in [-0.3, -0.25) is 0 Å². The van der Waals surface area contributed by atoms with Gasteiger partial charge in [0.1, 0.15) is 9.96 Å². The van der Waals surface area contributed by atoms with Crippen LogP contribution < -0.4 is 4.74 Å². The van der Waals surface area contributed by atoms with Gasteiger partial charge in [0.25, 0.3) is 10.0 Å². The summed E-state index contributed by atoms with van der Waals surface area (Å²) in [6.07, 6.45) is 1.69. The maximum absolute atomic E-state index is 12.6. The molecule has 0 unspecified atom stereocenters. The van der Waals surface area contributed by atoms with Crippen molar-refractivity contribution < 1.29 is 13.2 Å². The minimum atomic E-state index is -3.33. The van der Waals surface area contributed by atoms with Crippen molar-refractivity contribution in [2.45, 2.75) is 30.9 Å². The number of piperidine rings is 1. The summed E-state index contributed by atoms with van der Waals surface area (Å²) in [6.45, 7) is 5.76. The van der Waals surface area contributed by atoms with Crippen molar-refractivity contribution in [2.24, 2.45) is 5.92 Å². The molecule has 0 spiro atoms. The summed E-state index contributed by atoms with van der Waals surface area (Å²) in [7, 11) is -3.33. The fraction of sp³-hybridized carbons (Fsp3) is 0.444. The van der Waals surface area contributed by atoms with E-state index in [-0.39, 0.29) is 0 Å². The molecular weight excluding hydrogens is 342 g/mol. The van der Waals surface area contributed by atoms with Gasteiger partial charge < -0.3 is 4.74 Å². The van der Waals surface area contributed by atoms with Crippen molar-refractivity contribution >= 4 is 21.4 Å². The molecule has 1 aliphatic rings. The Morgan fingerprint density at radius 1 is 1.17 bits per heavy atom. The average molecular weight is 366 g/mol. The topological polar surface area (TPSA) is 46.6 Å². The van der Waals surface area contributed by atoms with E-state index in [2.05, 4.69) is 0 Å². The van der Waals surface area contributed by atoms with Gasteiger partial charge in [-0.2, -0.15) is 4.31 Å². The molecule has 0 saturated carbocycles. The number of rotatable bonds is 5. The molecule has 0 amide bonds. The molecule has 0 N–H and O–H groups in total. The number of aryl methyl sites for hydroxylation is 2. The van der Waals surface area contributed by atoms with E-state index in [1.165, 1.54) is 16.9 Å². The fourth-order valence-corrected chi connectivity index (χ4v) is 5.82. The molecule has 2 aromatic rings. The number of hydrogen-bond acceptors (Lipinski definition) is 4. The lowest BCUT2D eigenvalue weighted by Gasteiger charge is -2.30. The van der Waals surface area contributed by atoms with Crippen molar-refractivity contribution in [3.63, 3.8) is 0 Å². The summed E-state index contributed by atoms with van der Waals surface area (Å²) < 4.78 is 33.2. The first kappa shape index (κ1) is 17.5. The van der Waals surface area contributed by atoms with Crippen LogP contribution >= 0.6 is 11.3 Å². The van der Waals surface area contributed by atoms with Crippen LogP contribution in [0.4, 0.5) is 0 Å². The Kier molecular flexibility index (Phi) is 5.27. The molecule has 24 heavy (non-hydrogen) atoms. The minimum absolute atomic E-state index is 0.405. The van der Waals surface area contributed by atoms with Crippen LogP contribution in [0.25, 0.3) is 0 Å². The summed E-state index contributed by atoms with van der Waals surface area (Å²) >= 11 is 1.34. The molecular formula is C18H23NO3S2. The van der Waals surface area contributed by atoms with Crippen LogP contribution in [0, 0.1) is 19.8 Å². The van der Waals surface area contributed by atoms with Crippen molar-refractivity contribution in [3.8, 4) is 5.75 Å². The van der Waals surface area contributed by atoms with Crippen LogP contribution in [-0.4, -0.2) is 32.4 Å². The van der Waals surface area contributed by atoms with Gasteiger partial charge in [-0.1, -0.05) is 12.1 Å². The van der Waals surface area contributed by atoms with Crippen LogP contribution in [0.3, 0.4) is 0 Å². The normalized spacial score (nSPS) is 17.1. The average Bonchev–Trinajstić information content (AvgIpc) is 3.01. The van der Waals surface area contributed by atoms with Gasteiger partial charge in [0.15, 0.2) is 0 Å². The first-order chi connectivity index (χ1) is 11.4. The molecule has 0 atom stereocenters. The Bertz CT molecular complexity index is 790. The van der Waals surface area contributed by atoms with Gasteiger partial charge in [-0.15, -0.1) is 11.3 Å². The van der Waals surface area contributed by atoms with Crippen LogP contribution in [0.2, 0.25) is 0 Å². The zero-order valence-corrected chi connectivity index (χ0v) is 15.7. The van der Waals surface area contributed by atoms with Gasteiger partial charge in [0, 0.05) is 18.0 Å². The lowest BCUT2D eigenvalue weighted by Crippen LogP contribution is -2.39. The first-order valence-corrected chi connectivity index (χ1v) is 10.5. The lowest BCUT2D eigenvalue weighted by atomic mass is 9.99. The summed E-state index contributed by atoms with van der Waals surface area (Å²) in [6, 6.07) is 11.6. The molecule has 1 aromatic heterocycles. The highest BCUT2D eigenvalue weighted by Gasteiger charge is 2.30. The molecule has 0 radical (unpaired) electrons. The highest BCUT2D eigenvalue weighted by molar-refractivity contribution is 7.91. The monoisotopic (exact) mass is 365 g/mol. The third kappa shape index (κ3) is 3.99. The SMILES string of the molecule is Cc1cccc(OCC2CCN(S(=O)(=O)c3ccc(C)s3)CC2)c1. The molecule has 130 valence electrons. The molecule has 2 heterocycles. The molecule has 6 heteroatoms. The van der Waals surface area contributed by atoms with E-state index in [1.807, 2.05) is 44.2 Å². The van der Waals surface area contributed by atoms with E-state index in [1.54, 1.807) is 10.4 Å². The van der Waals surface area contributed by atoms with Crippen LogP contribution in [-0.2, 0) is 10.0 Å². The van der Waals surface area contributed by atoms with Gasteiger partial charge in [-0.25, -0.2) is 8.42 Å². The number of thiophene rings is 1. The maximum atomic E-state index is 12.6. The van der Waals surface area contributed by atoms with Gasteiger partial charge >= 0.3 is 0 Å². The Labute approximate surface area is 148 Å². The van der Waals surface area contributed by atoms with E-state index in [0.717, 1.165) is 23.5 Å². The molecule has 4 nitrogen and oxygen atoms in total. The van der Waals surface area contributed by atoms with E-state index in [0.29, 0.717) is 29.8 Å². The molecule has 0 aliphatic carbocycles. The second kappa shape index (κ2) is 7.25. The Hall–Kier alpha value is -1.37. The third-order valence-electron chi connectivity index (χ3n) is 4.36. The standard InChI is InChI=1S/C18H23NO3S2/c1-14-4-3-5-17(12-14)22-13-16-8-10-19(11-9-16)24(20,21)18-7-6-15(2)23-18/h3-7,12,16H,8-11,13H2,1-2H3. The first-order valence-electron chi connectivity index (χ1n) is 8.21. The number of sulfonamides is 1. The predicted molar refractivity (Wildman–Crippen MR) is 97.2 cm³/mol. The minimum Gasteiger partial charge on any atom is -0.493 e. The molecule has 1 aromatic carbocycles. The number of nitrogens with zero attached hydrogens (tertiary/aromatic N) is 1. The molecule has 1 saturated heterocycles. The molecule has 0 bridgehead atoms. The summed E-state index contributed by atoms with van der Waals surface area (Å²) in [4.78, 5) is 1.02. The van der Waals surface area contributed by atoms with Crippen LogP contribution in [0.15, 0.2) is 40.6 Å². The second-order valence-corrected chi connectivity index (χ2v) is 9.79. The number of ether oxygens (including phenoxy) is 1. The Morgan fingerprint density at radius 2 is 1.92 bits per heavy atom. The van der Waals surface area contributed by atoms with Crippen molar-refractivity contribution in [1.29, 1.82) is 0 Å². The smallest absolute Gasteiger partial charge is 0.252 e. The lowest BCUT2D eigenvalue weighted by molar-refractivity contribution is 0.185. The number of benzene rings is 1. The zero-order valence-electron chi connectivity index (χ0n) is 14.1. The number of hydrogen-bond donors (Lipinski definition) is 0. The highest BCUT2D eigenvalue weighted by atomic mass is 32.2. The maximum Gasteiger partial charge on any atom is 0.252 e. The zero-order chi connectivity index (χ0) is 17.2. The van der Waals surface area contributed by atoms with E-state index < -0.39 is 10.0 Å². The fourth-order valence-electron chi connectivity index (χ4n) is 2.91. The van der Waals surface area contributed by atoms with Crippen LogP contribution in [0.1, 0.15) is 23.3 Å². The third-order valence-corrected chi connectivity index (χ3v) is 7.73. The van der Waals surface area contributed by atoms with Gasteiger partial charge in [-0.05, 0) is 62.4 Å². The Balaban J connectivity index is 1.54. The summed E-state index contributed by atoms with van der Waals surface area (Å²) in [5, 5.41) is 0. The van der Waals surface area contributed by atoms with Crippen LogP contribution in [0.5, 0.6) is 5.75 Å². The predicted octanol–water partition coefficient (Wildman–Crippen LogP) is 3.84. The molecule has 3 rings (SSSR count). The quantitative estimate of drug-likeness (QED) is 0.809. The highest BCUT2D eigenvalue weighted by Crippen LogP contribution is 2.28. The van der Waals surface area contributed by atoms with Crippen molar-refractivity contribution in [3.05, 3.63) is 46.8 Å². The van der Waals surface area contributed by atoms with Crippen molar-refractivity contribution in [1.82, 2.24) is 4.31 Å². The summed E-state index contributed by atoms with van der Waals surface area (Å²) in [5.41, 5.74) is 1.18. The molecule has 1 fully saturated rings. The van der Waals surface area contributed by atoms with Crippen molar-refractivity contribution in [2.75, 3.05) is 19.7 Å². The van der Waals surface area contributed by atoms with E-state index >= 15 is 0 Å². The van der Waals surface area contributed by atoms with Gasteiger partial charge in [0.05, 0.1) is 6.61 Å². The van der Waals surface area contributed by atoms with Gasteiger partial charge in [0.2, 0.25) is 0 Å². The van der Waals surface area contributed by atoms with E-state index in [4.69, 9.17) is 4.74 Å². The summed E-state index contributed by atoms with van der Waals surface area (Å²) in [5.74, 6) is 1.29.